The number of anilines is 1. The highest BCUT2D eigenvalue weighted by atomic mass is 79.9. The van der Waals surface area contributed by atoms with Gasteiger partial charge in [0.25, 0.3) is 0 Å². The number of benzene rings is 3. The Bertz CT molecular complexity index is 954. The highest BCUT2D eigenvalue weighted by Crippen LogP contribution is 2.52. The van der Waals surface area contributed by atoms with Crippen LogP contribution >= 0.6 is 15.9 Å². The van der Waals surface area contributed by atoms with Crippen molar-refractivity contribution < 1.29 is 0 Å². The molecule has 5 rings (SSSR count). The van der Waals surface area contributed by atoms with Gasteiger partial charge < -0.3 is 5.32 Å². The Morgan fingerprint density at radius 2 is 1.67 bits per heavy atom. The molecule has 1 aliphatic heterocycles. The number of fused-ring (bicyclic) bond motifs is 4. The van der Waals surface area contributed by atoms with Crippen LogP contribution in [-0.2, 0) is 0 Å². The largest absolute Gasteiger partial charge is 0.377 e. The molecule has 0 spiro atoms. The van der Waals surface area contributed by atoms with Crippen molar-refractivity contribution in [2.75, 3.05) is 5.32 Å². The molecule has 1 N–H and O–H groups in total. The van der Waals surface area contributed by atoms with Crippen molar-refractivity contribution in [3.8, 4) is 0 Å². The summed E-state index contributed by atoms with van der Waals surface area (Å²) in [5, 5.41) is 6.53. The fourth-order valence-electron chi connectivity index (χ4n) is 4.41. The van der Waals surface area contributed by atoms with Crippen LogP contribution in [0.1, 0.15) is 29.5 Å². The molecule has 24 heavy (non-hydrogen) atoms. The van der Waals surface area contributed by atoms with Crippen LogP contribution in [0.4, 0.5) is 5.69 Å². The molecule has 0 fully saturated rings. The van der Waals surface area contributed by atoms with E-state index in [9.17, 15) is 0 Å². The van der Waals surface area contributed by atoms with E-state index < -0.39 is 0 Å². The minimum absolute atomic E-state index is 0.335. The minimum Gasteiger partial charge on any atom is -0.377 e. The van der Waals surface area contributed by atoms with Gasteiger partial charge in [0.05, 0.1) is 11.7 Å². The first kappa shape index (κ1) is 14.3. The summed E-state index contributed by atoms with van der Waals surface area (Å²) >= 11 is 3.74. The lowest BCUT2D eigenvalue weighted by Crippen LogP contribution is -2.29. The Kier molecular flexibility index (Phi) is 3.27. The summed E-state index contributed by atoms with van der Waals surface area (Å²) in [7, 11) is 0. The maximum atomic E-state index is 3.86. The smallest absolute Gasteiger partial charge is 0.0560 e. The van der Waals surface area contributed by atoms with Gasteiger partial charge in [0.1, 0.15) is 0 Å². The van der Waals surface area contributed by atoms with E-state index in [4.69, 9.17) is 0 Å². The van der Waals surface area contributed by atoms with E-state index in [0.29, 0.717) is 17.9 Å². The molecular formula is C22H18BrN. The topological polar surface area (TPSA) is 12.0 Å². The molecule has 0 bridgehead atoms. The number of para-hydroxylation sites is 1. The van der Waals surface area contributed by atoms with E-state index in [-0.39, 0.29) is 0 Å². The van der Waals surface area contributed by atoms with Gasteiger partial charge in [0.2, 0.25) is 0 Å². The Labute approximate surface area is 150 Å². The van der Waals surface area contributed by atoms with Crippen LogP contribution in [0.2, 0.25) is 0 Å². The summed E-state index contributed by atoms with van der Waals surface area (Å²) in [6.45, 7) is 0. The molecule has 118 valence electrons. The lowest BCUT2D eigenvalue weighted by atomic mass is 9.76. The zero-order valence-corrected chi connectivity index (χ0v) is 14.8. The van der Waals surface area contributed by atoms with Crippen LogP contribution in [-0.4, -0.2) is 0 Å². The summed E-state index contributed by atoms with van der Waals surface area (Å²) < 4.78 is 1.16. The molecule has 2 aliphatic rings. The molecule has 0 aromatic heterocycles. The van der Waals surface area contributed by atoms with Crippen molar-refractivity contribution in [1.82, 2.24) is 0 Å². The van der Waals surface area contributed by atoms with Crippen molar-refractivity contribution >= 4 is 32.4 Å². The van der Waals surface area contributed by atoms with Gasteiger partial charge in [-0.1, -0.05) is 66.7 Å². The number of hydrogen-bond donors (Lipinski definition) is 1. The lowest BCUT2D eigenvalue weighted by molar-refractivity contribution is 0.427. The molecule has 0 saturated heterocycles. The zero-order valence-electron chi connectivity index (χ0n) is 13.2. The van der Waals surface area contributed by atoms with Crippen LogP contribution in [0.25, 0.3) is 10.8 Å². The first-order valence-corrected chi connectivity index (χ1v) is 9.31. The average Bonchev–Trinajstić information content (AvgIpc) is 3.11. The molecule has 3 unspecified atom stereocenters. The monoisotopic (exact) mass is 375 g/mol. The summed E-state index contributed by atoms with van der Waals surface area (Å²) in [4.78, 5) is 0. The first-order valence-electron chi connectivity index (χ1n) is 8.52. The Morgan fingerprint density at radius 3 is 2.62 bits per heavy atom. The van der Waals surface area contributed by atoms with E-state index in [1.54, 1.807) is 0 Å². The SMILES string of the molecule is Brc1cccc2c1NC(c1cccc3ccccc13)C1CC=CC21. The molecule has 1 aliphatic carbocycles. The van der Waals surface area contributed by atoms with Gasteiger partial charge in [-0.3, -0.25) is 0 Å². The third-order valence-corrected chi connectivity index (χ3v) is 6.17. The van der Waals surface area contributed by atoms with Crippen LogP contribution in [0.15, 0.2) is 77.3 Å². The molecular weight excluding hydrogens is 358 g/mol. The van der Waals surface area contributed by atoms with E-state index >= 15 is 0 Å². The zero-order chi connectivity index (χ0) is 16.1. The van der Waals surface area contributed by atoms with Gasteiger partial charge in [-0.2, -0.15) is 0 Å². The third-order valence-electron chi connectivity index (χ3n) is 5.50. The standard InChI is InChI=1S/C22H18BrN/c23-20-13-5-12-19-16-9-4-11-18(16)21(24-22(19)20)17-10-3-7-14-6-1-2-8-15(14)17/h1-10,12-13,16,18,21,24H,11H2. The molecule has 1 heterocycles. The van der Waals surface area contributed by atoms with E-state index in [0.717, 1.165) is 10.9 Å². The summed E-state index contributed by atoms with van der Waals surface area (Å²) in [6.07, 6.45) is 5.89. The molecule has 0 amide bonds. The molecule has 0 saturated carbocycles. The normalized spacial score (nSPS) is 24.5. The molecule has 2 heteroatoms. The van der Waals surface area contributed by atoms with E-state index in [1.165, 1.54) is 27.6 Å². The average molecular weight is 376 g/mol. The summed E-state index contributed by atoms with van der Waals surface area (Å²) in [5.74, 6) is 1.08. The number of nitrogens with one attached hydrogen (secondary N) is 1. The molecule has 3 aromatic rings. The second kappa shape index (κ2) is 5.49. The van der Waals surface area contributed by atoms with Crippen molar-refractivity contribution in [3.63, 3.8) is 0 Å². The van der Waals surface area contributed by atoms with E-state index in [1.807, 2.05) is 0 Å². The van der Waals surface area contributed by atoms with Crippen LogP contribution < -0.4 is 5.32 Å². The maximum absolute atomic E-state index is 3.86. The number of halogens is 1. The van der Waals surface area contributed by atoms with Crippen molar-refractivity contribution in [2.45, 2.75) is 18.4 Å². The van der Waals surface area contributed by atoms with Gasteiger partial charge in [-0.25, -0.2) is 0 Å². The van der Waals surface area contributed by atoms with Gasteiger partial charge in [0.15, 0.2) is 0 Å². The lowest BCUT2D eigenvalue weighted by Gasteiger charge is -2.38. The van der Waals surface area contributed by atoms with Crippen molar-refractivity contribution in [3.05, 3.63) is 88.4 Å². The Morgan fingerprint density at radius 1 is 0.875 bits per heavy atom. The molecule has 1 nitrogen and oxygen atoms in total. The van der Waals surface area contributed by atoms with Gasteiger partial charge in [0, 0.05) is 10.4 Å². The van der Waals surface area contributed by atoms with Gasteiger partial charge >= 0.3 is 0 Å². The summed E-state index contributed by atoms with van der Waals surface area (Å²) in [6, 6.07) is 22.3. The molecule has 0 radical (unpaired) electrons. The van der Waals surface area contributed by atoms with Crippen molar-refractivity contribution in [2.24, 2.45) is 5.92 Å². The number of rotatable bonds is 1. The van der Waals surface area contributed by atoms with Gasteiger partial charge in [-0.15, -0.1) is 0 Å². The Hall–Kier alpha value is -2.06. The highest BCUT2D eigenvalue weighted by Gasteiger charge is 2.38. The van der Waals surface area contributed by atoms with Crippen molar-refractivity contribution in [1.29, 1.82) is 0 Å². The highest BCUT2D eigenvalue weighted by molar-refractivity contribution is 9.10. The first-order chi connectivity index (χ1) is 11.8. The molecule has 3 atom stereocenters. The second-order valence-electron chi connectivity index (χ2n) is 6.75. The molecule has 3 aromatic carbocycles. The fourth-order valence-corrected chi connectivity index (χ4v) is 4.91. The second-order valence-corrected chi connectivity index (χ2v) is 7.60. The fraction of sp³-hybridized carbons (Fsp3) is 0.182. The maximum Gasteiger partial charge on any atom is 0.0560 e. The number of allylic oxidation sites excluding steroid dienone is 2. The van der Waals surface area contributed by atoms with Crippen LogP contribution in [0.3, 0.4) is 0 Å². The Balaban J connectivity index is 1.70. The van der Waals surface area contributed by atoms with Crippen LogP contribution in [0.5, 0.6) is 0 Å². The predicted octanol–water partition coefficient (Wildman–Crippen LogP) is 6.43. The minimum atomic E-state index is 0.335. The quantitative estimate of drug-likeness (QED) is 0.483. The van der Waals surface area contributed by atoms with Gasteiger partial charge in [-0.05, 0) is 56.2 Å². The third kappa shape index (κ3) is 2.06. The van der Waals surface area contributed by atoms with Crippen LogP contribution in [0, 0.1) is 5.92 Å². The van der Waals surface area contributed by atoms with E-state index in [2.05, 4.69) is 94.1 Å². The number of hydrogen-bond acceptors (Lipinski definition) is 1. The predicted molar refractivity (Wildman–Crippen MR) is 104 cm³/mol. The summed E-state index contributed by atoms with van der Waals surface area (Å²) in [5.41, 5.74) is 4.08.